The van der Waals surface area contributed by atoms with Gasteiger partial charge in [0.2, 0.25) is 0 Å². The number of carboxylic acids is 1. The SMILES string of the molecule is O=C(Nc1ccc(-c2ccc(C(=O)O)c(NC3CC3)n2)cc1)c1cc2cccnc2s1. The Labute approximate surface area is 181 Å². The van der Waals surface area contributed by atoms with E-state index in [1.54, 1.807) is 30.5 Å². The second-order valence-electron chi connectivity index (χ2n) is 7.36. The van der Waals surface area contributed by atoms with Crippen molar-refractivity contribution >= 4 is 44.9 Å². The van der Waals surface area contributed by atoms with Crippen LogP contribution in [0.25, 0.3) is 21.5 Å². The number of hydrogen-bond donors (Lipinski definition) is 3. The van der Waals surface area contributed by atoms with Crippen LogP contribution in [0.1, 0.15) is 32.9 Å². The first-order valence-corrected chi connectivity index (χ1v) is 10.7. The standard InChI is InChI=1S/C23H18N4O3S/c28-21(19-12-14-2-1-11-24-22(14)31-19)26-16-5-3-13(4-6-16)18-10-9-17(23(29)30)20(27-18)25-15-7-8-15/h1-6,9-12,15H,7-8H2,(H,25,27)(H,26,28)(H,29,30). The Hall–Kier alpha value is -3.78. The molecule has 0 spiro atoms. The van der Waals surface area contributed by atoms with Crippen LogP contribution < -0.4 is 10.6 Å². The van der Waals surface area contributed by atoms with E-state index >= 15 is 0 Å². The fraction of sp³-hybridized carbons (Fsp3) is 0.130. The van der Waals surface area contributed by atoms with Gasteiger partial charge < -0.3 is 15.7 Å². The molecule has 4 aromatic rings. The van der Waals surface area contributed by atoms with Crippen molar-refractivity contribution in [1.82, 2.24) is 9.97 Å². The van der Waals surface area contributed by atoms with Gasteiger partial charge in [-0.1, -0.05) is 18.2 Å². The van der Waals surface area contributed by atoms with Crippen LogP contribution in [0, 0.1) is 0 Å². The Bertz CT molecular complexity index is 1260. The number of anilines is 2. The van der Waals surface area contributed by atoms with Crippen LogP contribution in [0.5, 0.6) is 0 Å². The molecule has 154 valence electrons. The van der Waals surface area contributed by atoms with Gasteiger partial charge >= 0.3 is 5.97 Å². The normalized spacial score (nSPS) is 13.2. The van der Waals surface area contributed by atoms with Gasteiger partial charge in [-0.3, -0.25) is 4.79 Å². The van der Waals surface area contributed by atoms with Crippen molar-refractivity contribution in [3.8, 4) is 11.3 Å². The molecule has 1 aliphatic carbocycles. The third-order valence-electron chi connectivity index (χ3n) is 5.00. The second kappa shape index (κ2) is 7.81. The number of pyridine rings is 2. The van der Waals surface area contributed by atoms with Crippen LogP contribution in [0.3, 0.4) is 0 Å². The van der Waals surface area contributed by atoms with Gasteiger partial charge in [0.05, 0.1) is 10.6 Å². The summed E-state index contributed by atoms with van der Waals surface area (Å²) in [7, 11) is 0. The van der Waals surface area contributed by atoms with Crippen LogP contribution >= 0.6 is 11.3 Å². The first kappa shape index (κ1) is 19.2. The van der Waals surface area contributed by atoms with Gasteiger partial charge in [0, 0.05) is 28.9 Å². The van der Waals surface area contributed by atoms with E-state index in [1.165, 1.54) is 11.3 Å². The van der Waals surface area contributed by atoms with Crippen molar-refractivity contribution in [2.75, 3.05) is 10.6 Å². The van der Waals surface area contributed by atoms with E-state index in [0.29, 0.717) is 28.1 Å². The summed E-state index contributed by atoms with van der Waals surface area (Å²) >= 11 is 1.35. The molecule has 31 heavy (non-hydrogen) atoms. The summed E-state index contributed by atoms with van der Waals surface area (Å²) in [5, 5.41) is 16.4. The summed E-state index contributed by atoms with van der Waals surface area (Å²) in [6.07, 6.45) is 3.76. The van der Waals surface area contributed by atoms with Crippen molar-refractivity contribution in [2.24, 2.45) is 0 Å². The quantitative estimate of drug-likeness (QED) is 0.403. The van der Waals surface area contributed by atoms with Crippen LogP contribution in [0.15, 0.2) is 60.8 Å². The average molecular weight is 430 g/mol. The van der Waals surface area contributed by atoms with Gasteiger partial charge in [0.1, 0.15) is 16.2 Å². The molecular formula is C23H18N4O3S. The summed E-state index contributed by atoms with van der Waals surface area (Å²) in [5.41, 5.74) is 2.33. The maximum absolute atomic E-state index is 12.6. The van der Waals surface area contributed by atoms with Crippen LogP contribution in [-0.2, 0) is 0 Å². The molecule has 7 nitrogen and oxygen atoms in total. The van der Waals surface area contributed by atoms with Gasteiger partial charge in [-0.2, -0.15) is 0 Å². The number of carbonyl (C=O) groups is 2. The zero-order chi connectivity index (χ0) is 21.4. The summed E-state index contributed by atoms with van der Waals surface area (Å²) in [6, 6.07) is 16.5. The van der Waals surface area contributed by atoms with Crippen molar-refractivity contribution in [2.45, 2.75) is 18.9 Å². The predicted molar refractivity (Wildman–Crippen MR) is 121 cm³/mol. The Balaban J connectivity index is 1.34. The van der Waals surface area contributed by atoms with Crippen molar-refractivity contribution < 1.29 is 14.7 Å². The number of amides is 1. The third kappa shape index (κ3) is 4.10. The summed E-state index contributed by atoms with van der Waals surface area (Å²) in [6.45, 7) is 0. The number of hydrogen-bond acceptors (Lipinski definition) is 6. The molecule has 1 aromatic carbocycles. The molecule has 3 N–H and O–H groups in total. The Morgan fingerprint density at radius 2 is 1.87 bits per heavy atom. The lowest BCUT2D eigenvalue weighted by molar-refractivity contribution is 0.0697. The van der Waals surface area contributed by atoms with E-state index in [0.717, 1.165) is 28.6 Å². The highest BCUT2D eigenvalue weighted by atomic mass is 32.1. The zero-order valence-corrected chi connectivity index (χ0v) is 17.1. The average Bonchev–Trinajstić information content (AvgIpc) is 3.48. The largest absolute Gasteiger partial charge is 0.478 e. The van der Waals surface area contributed by atoms with E-state index in [2.05, 4.69) is 20.6 Å². The number of rotatable bonds is 6. The molecule has 0 saturated heterocycles. The molecule has 1 fully saturated rings. The Kier molecular flexibility index (Phi) is 4.83. The number of nitrogens with zero attached hydrogens (tertiary/aromatic N) is 2. The highest BCUT2D eigenvalue weighted by molar-refractivity contribution is 7.20. The summed E-state index contributed by atoms with van der Waals surface area (Å²) in [4.78, 5) is 34.3. The third-order valence-corrected chi connectivity index (χ3v) is 6.06. The molecule has 1 saturated carbocycles. The van der Waals surface area contributed by atoms with E-state index in [1.807, 2.05) is 30.3 Å². The smallest absolute Gasteiger partial charge is 0.339 e. The molecule has 3 heterocycles. The molecule has 3 aromatic heterocycles. The number of nitrogens with one attached hydrogen (secondary N) is 2. The summed E-state index contributed by atoms with van der Waals surface area (Å²) < 4.78 is 0. The molecular weight excluding hydrogens is 412 g/mol. The number of aromatic nitrogens is 2. The van der Waals surface area contributed by atoms with Gasteiger partial charge in [0.15, 0.2) is 0 Å². The number of fused-ring (bicyclic) bond motifs is 1. The minimum atomic E-state index is -1.00. The van der Waals surface area contributed by atoms with Crippen LogP contribution in [0.4, 0.5) is 11.5 Å². The molecule has 1 aliphatic rings. The van der Waals surface area contributed by atoms with E-state index in [9.17, 15) is 14.7 Å². The van der Waals surface area contributed by atoms with Gasteiger partial charge in [-0.15, -0.1) is 11.3 Å². The number of carbonyl (C=O) groups excluding carboxylic acids is 1. The predicted octanol–water partition coefficient (Wildman–Crippen LogP) is 4.88. The molecule has 0 atom stereocenters. The van der Waals surface area contributed by atoms with E-state index in [-0.39, 0.29) is 11.5 Å². The molecule has 0 unspecified atom stereocenters. The molecule has 0 bridgehead atoms. The molecule has 1 amide bonds. The first-order chi connectivity index (χ1) is 15.1. The molecule has 0 aliphatic heterocycles. The van der Waals surface area contributed by atoms with Gasteiger partial charge in [-0.05, 0) is 49.2 Å². The maximum Gasteiger partial charge on any atom is 0.339 e. The van der Waals surface area contributed by atoms with E-state index < -0.39 is 5.97 Å². The van der Waals surface area contributed by atoms with Gasteiger partial charge in [-0.25, -0.2) is 14.8 Å². The Morgan fingerprint density at radius 3 is 2.58 bits per heavy atom. The minimum absolute atomic E-state index is 0.164. The highest BCUT2D eigenvalue weighted by Gasteiger charge is 2.24. The topological polar surface area (TPSA) is 104 Å². The zero-order valence-electron chi connectivity index (χ0n) is 16.3. The van der Waals surface area contributed by atoms with Crippen LogP contribution in [-0.4, -0.2) is 33.0 Å². The summed E-state index contributed by atoms with van der Waals surface area (Å²) in [5.74, 6) is -0.796. The number of benzene rings is 1. The van der Waals surface area contributed by atoms with Crippen LogP contribution in [0.2, 0.25) is 0 Å². The monoisotopic (exact) mass is 430 g/mol. The van der Waals surface area contributed by atoms with Crippen molar-refractivity contribution in [1.29, 1.82) is 0 Å². The number of thiophene rings is 1. The lowest BCUT2D eigenvalue weighted by atomic mass is 10.1. The maximum atomic E-state index is 12.6. The van der Waals surface area contributed by atoms with Crippen molar-refractivity contribution in [3.63, 3.8) is 0 Å². The molecule has 5 rings (SSSR count). The first-order valence-electron chi connectivity index (χ1n) is 9.84. The minimum Gasteiger partial charge on any atom is -0.478 e. The van der Waals surface area contributed by atoms with E-state index in [4.69, 9.17) is 0 Å². The fourth-order valence-corrected chi connectivity index (χ4v) is 4.12. The lowest BCUT2D eigenvalue weighted by Gasteiger charge is -2.10. The second-order valence-corrected chi connectivity index (χ2v) is 8.39. The number of carboxylic acid groups (broad SMARTS) is 1. The molecule has 8 heteroatoms. The fourth-order valence-electron chi connectivity index (χ4n) is 3.23. The van der Waals surface area contributed by atoms with Gasteiger partial charge in [0.25, 0.3) is 5.91 Å². The number of aromatic carboxylic acids is 1. The Morgan fingerprint density at radius 1 is 1.06 bits per heavy atom. The van der Waals surface area contributed by atoms with Crippen molar-refractivity contribution in [3.05, 3.63) is 71.2 Å². The highest BCUT2D eigenvalue weighted by Crippen LogP contribution is 2.29. The molecule has 0 radical (unpaired) electrons. The lowest BCUT2D eigenvalue weighted by Crippen LogP contribution is -2.10.